The molecule has 0 saturated carbocycles. The second-order valence-electron chi connectivity index (χ2n) is 7.43. The van der Waals surface area contributed by atoms with Crippen LogP contribution in [0.5, 0.6) is 11.5 Å². The topological polar surface area (TPSA) is 116 Å². The minimum atomic E-state index is -0.665. The molecular formula is C23H22ClN5O3. The zero-order valence-corrected chi connectivity index (χ0v) is 18.0. The molecule has 2 amide bonds. The van der Waals surface area contributed by atoms with E-state index in [1.165, 1.54) is 6.08 Å². The molecule has 0 aliphatic carbocycles. The number of amides is 2. The Morgan fingerprint density at radius 1 is 1.12 bits per heavy atom. The van der Waals surface area contributed by atoms with E-state index in [1.54, 1.807) is 58.1 Å². The van der Waals surface area contributed by atoms with E-state index in [0.717, 1.165) is 0 Å². The molecule has 3 aromatic rings. The van der Waals surface area contributed by atoms with E-state index < -0.39 is 5.91 Å². The number of benzene rings is 2. The first-order valence-electron chi connectivity index (χ1n) is 10.0. The van der Waals surface area contributed by atoms with Crippen LogP contribution >= 0.6 is 11.6 Å². The normalized spacial score (nSPS) is 15.5. The fourth-order valence-electron chi connectivity index (χ4n) is 3.76. The van der Waals surface area contributed by atoms with Gasteiger partial charge in [0.05, 0.1) is 6.04 Å². The van der Waals surface area contributed by atoms with Crippen molar-refractivity contribution in [3.63, 3.8) is 0 Å². The Balaban J connectivity index is 1.61. The van der Waals surface area contributed by atoms with Crippen LogP contribution in [-0.4, -0.2) is 39.6 Å². The smallest absolute Gasteiger partial charge is 0.254 e. The number of hydrogen-bond acceptors (Lipinski definition) is 5. The van der Waals surface area contributed by atoms with Crippen LogP contribution in [0.3, 0.4) is 0 Å². The first-order valence-corrected chi connectivity index (χ1v) is 10.4. The molecule has 0 bridgehead atoms. The van der Waals surface area contributed by atoms with Crippen molar-refractivity contribution in [2.75, 3.05) is 18.8 Å². The van der Waals surface area contributed by atoms with Crippen LogP contribution in [0.1, 0.15) is 22.8 Å². The zero-order valence-electron chi connectivity index (χ0n) is 17.2. The van der Waals surface area contributed by atoms with Gasteiger partial charge in [0.2, 0.25) is 5.91 Å². The van der Waals surface area contributed by atoms with Crippen molar-refractivity contribution in [1.29, 1.82) is 0 Å². The highest BCUT2D eigenvalue weighted by Crippen LogP contribution is 2.33. The minimum Gasteiger partial charge on any atom is -0.457 e. The second kappa shape index (κ2) is 8.76. The van der Waals surface area contributed by atoms with Crippen LogP contribution < -0.4 is 16.2 Å². The quantitative estimate of drug-likeness (QED) is 0.555. The predicted molar refractivity (Wildman–Crippen MR) is 123 cm³/mol. The average molecular weight is 452 g/mol. The third kappa shape index (κ3) is 4.17. The van der Waals surface area contributed by atoms with Gasteiger partial charge in [-0.1, -0.05) is 18.2 Å². The fraction of sp³-hybridized carbons (Fsp3) is 0.174. The number of nitrogens with zero attached hydrogens (tertiary/aromatic N) is 3. The van der Waals surface area contributed by atoms with Crippen LogP contribution in [-0.2, 0) is 4.79 Å². The monoisotopic (exact) mass is 451 g/mol. The van der Waals surface area contributed by atoms with E-state index in [0.29, 0.717) is 47.3 Å². The highest BCUT2D eigenvalue weighted by molar-refractivity contribution is 6.30. The van der Waals surface area contributed by atoms with E-state index in [4.69, 9.17) is 27.8 Å². The van der Waals surface area contributed by atoms with Gasteiger partial charge in [-0.25, -0.2) is 4.68 Å². The molecule has 1 aliphatic heterocycles. The number of rotatable bonds is 6. The summed E-state index contributed by atoms with van der Waals surface area (Å²) in [6, 6.07) is 14.0. The summed E-state index contributed by atoms with van der Waals surface area (Å²) < 4.78 is 7.40. The maximum absolute atomic E-state index is 12.2. The van der Waals surface area contributed by atoms with Gasteiger partial charge in [0, 0.05) is 23.7 Å². The summed E-state index contributed by atoms with van der Waals surface area (Å²) in [6.07, 6.45) is 1.94. The van der Waals surface area contributed by atoms with Crippen LogP contribution in [0.4, 0.5) is 5.82 Å². The van der Waals surface area contributed by atoms with E-state index >= 15 is 0 Å². The Hall–Kier alpha value is -3.78. The van der Waals surface area contributed by atoms with E-state index in [-0.39, 0.29) is 23.3 Å². The molecule has 32 heavy (non-hydrogen) atoms. The molecule has 164 valence electrons. The molecule has 9 heteroatoms. The van der Waals surface area contributed by atoms with Gasteiger partial charge in [0.25, 0.3) is 5.91 Å². The van der Waals surface area contributed by atoms with Crippen LogP contribution in [0.15, 0.2) is 61.2 Å². The van der Waals surface area contributed by atoms with Crippen molar-refractivity contribution in [3.8, 4) is 22.8 Å². The molecule has 4 N–H and O–H groups in total. The number of halogens is 1. The van der Waals surface area contributed by atoms with Gasteiger partial charge in [0.1, 0.15) is 28.6 Å². The zero-order chi connectivity index (χ0) is 22.8. The first kappa shape index (κ1) is 21.5. The summed E-state index contributed by atoms with van der Waals surface area (Å²) in [4.78, 5) is 25.8. The largest absolute Gasteiger partial charge is 0.457 e. The number of anilines is 1. The summed E-state index contributed by atoms with van der Waals surface area (Å²) in [6.45, 7) is 4.52. The molecule has 1 fully saturated rings. The van der Waals surface area contributed by atoms with Crippen molar-refractivity contribution in [1.82, 2.24) is 14.7 Å². The maximum Gasteiger partial charge on any atom is 0.254 e. The van der Waals surface area contributed by atoms with Gasteiger partial charge < -0.3 is 21.1 Å². The van der Waals surface area contributed by atoms with E-state index in [2.05, 4.69) is 11.7 Å². The Kier molecular flexibility index (Phi) is 5.87. The summed E-state index contributed by atoms with van der Waals surface area (Å²) in [5.74, 6) is 0.630. The van der Waals surface area contributed by atoms with E-state index in [1.807, 2.05) is 0 Å². The number of nitrogen functional groups attached to an aromatic ring is 1. The molecule has 2 aromatic carbocycles. The molecule has 0 radical (unpaired) electrons. The SMILES string of the molecule is C=CC(=O)N1CC[C@@H](n2nc(-c3ccc(Oc4ccc(Cl)cc4)cc3)c(C(N)=O)c2N)C1. The lowest BCUT2D eigenvalue weighted by atomic mass is 10.1. The molecule has 1 atom stereocenters. The summed E-state index contributed by atoms with van der Waals surface area (Å²) in [7, 11) is 0. The molecule has 2 heterocycles. The van der Waals surface area contributed by atoms with Gasteiger partial charge >= 0.3 is 0 Å². The number of carbonyl (C=O) groups excluding carboxylic acids is 2. The summed E-state index contributed by atoms with van der Waals surface area (Å²) in [5.41, 5.74) is 13.1. The second-order valence-corrected chi connectivity index (χ2v) is 7.87. The number of aromatic nitrogens is 2. The standard InChI is InChI=1S/C23H22ClN5O3/c1-2-19(30)28-12-11-16(13-28)29-22(25)20(23(26)31)21(27-29)14-3-7-17(8-4-14)32-18-9-5-15(24)6-10-18/h2-10,16H,1,11-13,25H2,(H2,26,31)/t16-/m1/s1. The molecule has 1 aliphatic rings. The van der Waals surface area contributed by atoms with Crippen LogP contribution in [0.25, 0.3) is 11.3 Å². The van der Waals surface area contributed by atoms with Crippen molar-refractivity contribution in [2.45, 2.75) is 12.5 Å². The number of primary amides is 1. The lowest BCUT2D eigenvalue weighted by Crippen LogP contribution is -2.27. The number of carbonyl (C=O) groups is 2. The van der Waals surface area contributed by atoms with Crippen molar-refractivity contribution < 1.29 is 14.3 Å². The summed E-state index contributed by atoms with van der Waals surface area (Å²) >= 11 is 5.90. The van der Waals surface area contributed by atoms with E-state index in [9.17, 15) is 9.59 Å². The maximum atomic E-state index is 12.2. The first-order chi connectivity index (χ1) is 15.4. The number of ether oxygens (including phenoxy) is 1. The third-order valence-electron chi connectivity index (χ3n) is 5.37. The Morgan fingerprint density at radius 2 is 1.75 bits per heavy atom. The highest BCUT2D eigenvalue weighted by Gasteiger charge is 2.31. The predicted octanol–water partition coefficient (Wildman–Crippen LogP) is 3.64. The molecule has 1 aromatic heterocycles. The Morgan fingerprint density at radius 3 is 2.34 bits per heavy atom. The lowest BCUT2D eigenvalue weighted by Gasteiger charge is -2.15. The molecule has 0 spiro atoms. The van der Waals surface area contributed by atoms with Crippen LogP contribution in [0.2, 0.25) is 5.02 Å². The Labute approximate surface area is 190 Å². The van der Waals surface area contributed by atoms with Gasteiger partial charge in [0.15, 0.2) is 0 Å². The number of likely N-dealkylation sites (tertiary alicyclic amines) is 1. The van der Waals surface area contributed by atoms with Crippen LogP contribution in [0, 0.1) is 0 Å². The van der Waals surface area contributed by atoms with Crippen molar-refractivity contribution >= 4 is 29.2 Å². The molecular weight excluding hydrogens is 430 g/mol. The van der Waals surface area contributed by atoms with Gasteiger partial charge in [-0.3, -0.25) is 9.59 Å². The van der Waals surface area contributed by atoms with Crippen molar-refractivity contribution in [3.05, 3.63) is 71.8 Å². The molecule has 8 nitrogen and oxygen atoms in total. The number of hydrogen-bond donors (Lipinski definition) is 2. The fourth-order valence-corrected chi connectivity index (χ4v) is 3.89. The van der Waals surface area contributed by atoms with Gasteiger partial charge in [-0.05, 0) is 61.0 Å². The average Bonchev–Trinajstić information content (AvgIpc) is 3.40. The highest BCUT2D eigenvalue weighted by atomic mass is 35.5. The van der Waals surface area contributed by atoms with Gasteiger partial charge in [-0.15, -0.1) is 0 Å². The minimum absolute atomic E-state index is 0.148. The molecule has 1 saturated heterocycles. The van der Waals surface area contributed by atoms with Crippen molar-refractivity contribution in [2.24, 2.45) is 5.73 Å². The molecule has 0 unspecified atom stereocenters. The van der Waals surface area contributed by atoms with Gasteiger partial charge in [-0.2, -0.15) is 5.10 Å². The third-order valence-corrected chi connectivity index (χ3v) is 5.62. The Bertz CT molecular complexity index is 1170. The summed E-state index contributed by atoms with van der Waals surface area (Å²) in [5, 5.41) is 5.22. The lowest BCUT2D eigenvalue weighted by molar-refractivity contribution is -0.125. The number of nitrogens with two attached hydrogens (primary N) is 2. The molecule has 4 rings (SSSR count).